The van der Waals surface area contributed by atoms with Gasteiger partial charge in [-0.3, -0.25) is 4.79 Å². The van der Waals surface area contributed by atoms with E-state index in [1.54, 1.807) is 12.1 Å². The van der Waals surface area contributed by atoms with Crippen molar-refractivity contribution in [3.8, 4) is 0 Å². The summed E-state index contributed by atoms with van der Waals surface area (Å²) in [5, 5.41) is 3.34. The minimum absolute atomic E-state index is 0.143. The highest BCUT2D eigenvalue weighted by atomic mass is 32.2. The van der Waals surface area contributed by atoms with Gasteiger partial charge in [-0.1, -0.05) is 18.2 Å². The molecule has 0 saturated carbocycles. The van der Waals surface area contributed by atoms with E-state index in [-0.39, 0.29) is 5.91 Å². The summed E-state index contributed by atoms with van der Waals surface area (Å²) in [6.45, 7) is 5.19. The van der Waals surface area contributed by atoms with Crippen LogP contribution in [0.4, 0.5) is 5.13 Å². The highest BCUT2D eigenvalue weighted by Gasteiger charge is 2.13. The van der Waals surface area contributed by atoms with Crippen LogP contribution in [0.25, 0.3) is 0 Å². The normalized spacial score (nSPS) is 11.3. The van der Waals surface area contributed by atoms with Crippen LogP contribution in [0.15, 0.2) is 41.8 Å². The summed E-state index contributed by atoms with van der Waals surface area (Å²) in [4.78, 5) is 17.2. The van der Waals surface area contributed by atoms with Gasteiger partial charge in [0, 0.05) is 24.5 Å². The Morgan fingerprint density at radius 2 is 2.00 bits per heavy atom. The van der Waals surface area contributed by atoms with Crippen molar-refractivity contribution in [2.24, 2.45) is 0 Å². The number of nitrogens with zero attached hydrogens (tertiary/aromatic N) is 1. The first-order valence-corrected chi connectivity index (χ1v) is 10.7. The monoisotopic (exact) mass is 378 g/mol. The van der Waals surface area contributed by atoms with Gasteiger partial charge in [-0.05, 0) is 37.0 Å². The zero-order chi connectivity index (χ0) is 18.4. The summed E-state index contributed by atoms with van der Waals surface area (Å²) in [7, 11) is -3.19. The molecule has 2 aromatic rings. The first-order chi connectivity index (χ1) is 11.8. The molecular weight excluding hydrogens is 356 g/mol. The van der Waals surface area contributed by atoms with Gasteiger partial charge in [0.15, 0.2) is 15.0 Å². The number of hydrogen-bond acceptors (Lipinski definition) is 5. The third kappa shape index (κ3) is 5.79. The van der Waals surface area contributed by atoms with E-state index in [9.17, 15) is 13.2 Å². The number of amides is 1. The summed E-state index contributed by atoms with van der Waals surface area (Å²) >= 11 is 1.46. The van der Waals surface area contributed by atoms with Gasteiger partial charge < -0.3 is 5.32 Å². The molecule has 0 atom stereocenters. The summed E-state index contributed by atoms with van der Waals surface area (Å²) in [5.74, 6) is -0.143. The molecule has 1 aromatic carbocycles. The molecule has 2 rings (SSSR count). The molecule has 0 saturated heterocycles. The van der Waals surface area contributed by atoms with Crippen LogP contribution in [0.5, 0.6) is 0 Å². The summed E-state index contributed by atoms with van der Waals surface area (Å²) in [6.07, 6.45) is 6.42. The predicted molar refractivity (Wildman–Crippen MR) is 102 cm³/mol. The number of hydrogen-bond donors (Lipinski definition) is 1. The minimum Gasteiger partial charge on any atom is -0.302 e. The fourth-order valence-electron chi connectivity index (χ4n) is 2.37. The van der Waals surface area contributed by atoms with Gasteiger partial charge in [0.1, 0.15) is 0 Å². The predicted octanol–water partition coefficient (Wildman–Crippen LogP) is 3.60. The van der Waals surface area contributed by atoms with E-state index in [0.29, 0.717) is 16.4 Å². The van der Waals surface area contributed by atoms with Crippen molar-refractivity contribution in [3.63, 3.8) is 0 Å². The smallest absolute Gasteiger partial charge is 0.223 e. The van der Waals surface area contributed by atoms with E-state index < -0.39 is 9.84 Å². The number of carbonyl (C=O) groups excluding carboxylic acids is 1. The Balaban J connectivity index is 2.22. The van der Waals surface area contributed by atoms with Crippen molar-refractivity contribution in [1.29, 1.82) is 0 Å². The lowest BCUT2D eigenvalue weighted by molar-refractivity contribution is -0.114. The highest BCUT2D eigenvalue weighted by molar-refractivity contribution is 7.90. The zero-order valence-corrected chi connectivity index (χ0v) is 16.0. The topological polar surface area (TPSA) is 76.1 Å². The Morgan fingerprint density at radius 3 is 2.56 bits per heavy atom. The maximum Gasteiger partial charge on any atom is 0.223 e. The molecule has 0 aliphatic heterocycles. The lowest BCUT2D eigenvalue weighted by Gasteiger charge is -2.04. The number of thiazole rings is 1. The number of carbonyl (C=O) groups is 1. The molecule has 0 aliphatic rings. The van der Waals surface area contributed by atoms with Crippen molar-refractivity contribution >= 4 is 32.2 Å². The quantitative estimate of drug-likeness (QED) is 0.562. The van der Waals surface area contributed by atoms with Gasteiger partial charge in [-0.25, -0.2) is 13.4 Å². The van der Waals surface area contributed by atoms with Crippen LogP contribution in [-0.4, -0.2) is 25.6 Å². The number of unbranched alkanes of at least 4 members (excludes halogenated alkanes) is 1. The Labute approximate surface area is 152 Å². The molecule has 0 unspecified atom stereocenters. The van der Waals surface area contributed by atoms with Crippen molar-refractivity contribution in [1.82, 2.24) is 4.98 Å². The fraction of sp³-hybridized carbons (Fsp3) is 0.333. The molecule has 7 heteroatoms. The van der Waals surface area contributed by atoms with Gasteiger partial charge in [-0.15, -0.1) is 17.9 Å². The number of allylic oxidation sites excluding steroid dienone is 1. The van der Waals surface area contributed by atoms with Crippen LogP contribution in [0.1, 0.15) is 35.9 Å². The summed E-state index contributed by atoms with van der Waals surface area (Å²) in [6, 6.07) is 6.89. The maximum atomic E-state index is 11.6. The number of aromatic nitrogens is 1. The molecule has 1 aromatic heterocycles. The third-order valence-corrected chi connectivity index (χ3v) is 5.74. The van der Waals surface area contributed by atoms with Crippen LogP contribution in [0.3, 0.4) is 0 Å². The molecule has 1 N–H and O–H groups in total. The minimum atomic E-state index is -3.19. The zero-order valence-electron chi connectivity index (χ0n) is 14.4. The fourth-order valence-corrected chi connectivity index (χ4v) is 4.09. The Morgan fingerprint density at radius 1 is 1.32 bits per heavy atom. The lowest BCUT2D eigenvalue weighted by atomic mass is 10.1. The second kappa shape index (κ2) is 8.40. The molecule has 0 bridgehead atoms. The molecule has 1 amide bonds. The van der Waals surface area contributed by atoms with E-state index in [1.807, 2.05) is 18.2 Å². The number of sulfone groups is 1. The Bertz CT molecular complexity index is 853. The van der Waals surface area contributed by atoms with Crippen LogP contribution in [0.2, 0.25) is 0 Å². The lowest BCUT2D eigenvalue weighted by Crippen LogP contribution is -2.05. The molecule has 25 heavy (non-hydrogen) atoms. The van der Waals surface area contributed by atoms with Crippen LogP contribution >= 0.6 is 11.3 Å². The van der Waals surface area contributed by atoms with Crippen molar-refractivity contribution in [3.05, 3.63) is 53.1 Å². The summed E-state index contributed by atoms with van der Waals surface area (Å²) in [5.41, 5.74) is 1.98. The number of aryl methyl sites for hydroxylation is 1. The van der Waals surface area contributed by atoms with E-state index in [1.165, 1.54) is 24.5 Å². The molecule has 0 aliphatic carbocycles. The molecule has 0 radical (unpaired) electrons. The number of benzene rings is 1. The van der Waals surface area contributed by atoms with Crippen LogP contribution < -0.4 is 5.32 Å². The van der Waals surface area contributed by atoms with Crippen LogP contribution in [-0.2, 0) is 27.5 Å². The summed E-state index contributed by atoms with van der Waals surface area (Å²) < 4.78 is 23.1. The number of anilines is 1. The largest absolute Gasteiger partial charge is 0.302 e. The van der Waals surface area contributed by atoms with Gasteiger partial charge in [0.05, 0.1) is 10.6 Å². The number of rotatable bonds is 8. The van der Waals surface area contributed by atoms with Gasteiger partial charge in [0.2, 0.25) is 5.91 Å². The van der Waals surface area contributed by atoms with E-state index >= 15 is 0 Å². The highest BCUT2D eigenvalue weighted by Crippen LogP contribution is 2.27. The van der Waals surface area contributed by atoms with Gasteiger partial charge in [0.25, 0.3) is 0 Å². The standard InChI is InChI=1S/C18H22N2O3S2/c1-4-5-6-7-16-17(24-18(20-16)19-13(2)21)12-14-8-10-15(11-9-14)25(3,22)23/h4,8-11H,1,5-7,12H2,2-3H3,(H,19,20,21). The van der Waals surface area contributed by atoms with Crippen LogP contribution in [0, 0.1) is 0 Å². The first kappa shape index (κ1) is 19.3. The van der Waals surface area contributed by atoms with Gasteiger partial charge >= 0.3 is 0 Å². The van der Waals surface area contributed by atoms with E-state index in [2.05, 4.69) is 16.9 Å². The van der Waals surface area contributed by atoms with E-state index in [4.69, 9.17) is 0 Å². The third-order valence-electron chi connectivity index (χ3n) is 3.60. The Hall–Kier alpha value is -1.99. The van der Waals surface area contributed by atoms with Crippen molar-refractivity contribution in [2.75, 3.05) is 11.6 Å². The second-order valence-electron chi connectivity index (χ2n) is 5.84. The molecule has 0 spiro atoms. The SMILES string of the molecule is C=CCCCc1nc(NC(C)=O)sc1Cc1ccc(S(C)(=O)=O)cc1. The molecular formula is C18H22N2O3S2. The maximum absolute atomic E-state index is 11.6. The average Bonchev–Trinajstić information content (AvgIpc) is 2.88. The second-order valence-corrected chi connectivity index (χ2v) is 8.94. The van der Waals surface area contributed by atoms with E-state index in [0.717, 1.165) is 35.4 Å². The molecule has 1 heterocycles. The molecule has 5 nitrogen and oxygen atoms in total. The molecule has 0 fully saturated rings. The van der Waals surface area contributed by atoms with Crippen molar-refractivity contribution in [2.45, 2.75) is 37.5 Å². The number of nitrogens with one attached hydrogen (secondary N) is 1. The Kier molecular flexibility index (Phi) is 6.50. The average molecular weight is 379 g/mol. The van der Waals surface area contributed by atoms with Gasteiger partial charge in [-0.2, -0.15) is 0 Å². The molecule has 134 valence electrons. The van der Waals surface area contributed by atoms with Crippen molar-refractivity contribution < 1.29 is 13.2 Å². The first-order valence-electron chi connectivity index (χ1n) is 7.95.